The minimum absolute atomic E-state index is 0.0148. The van der Waals surface area contributed by atoms with Crippen LogP contribution in [0.3, 0.4) is 0 Å². The lowest BCUT2D eigenvalue weighted by molar-refractivity contribution is -0.138. The molecule has 1 aromatic heterocycles. The number of anilines is 2. The first kappa shape index (κ1) is 25.6. The number of alkyl halides is 3. The van der Waals surface area contributed by atoms with Gasteiger partial charge in [0.15, 0.2) is 11.5 Å². The first-order chi connectivity index (χ1) is 17.7. The second kappa shape index (κ2) is 10.6. The van der Waals surface area contributed by atoms with Crippen LogP contribution in [0.4, 0.5) is 24.7 Å². The Morgan fingerprint density at radius 3 is 2.14 bits per heavy atom. The number of benzene rings is 2. The van der Waals surface area contributed by atoms with Crippen LogP contribution in [0.2, 0.25) is 0 Å². The number of nitrogens with zero attached hydrogens (tertiary/aromatic N) is 4. The highest BCUT2D eigenvalue weighted by molar-refractivity contribution is 6.07. The maximum absolute atomic E-state index is 13.3. The van der Waals surface area contributed by atoms with E-state index in [0.29, 0.717) is 18.9 Å². The number of esters is 1. The van der Waals surface area contributed by atoms with Gasteiger partial charge < -0.3 is 19.9 Å². The molecule has 0 atom stereocenters. The lowest BCUT2D eigenvalue weighted by Gasteiger charge is -2.35. The van der Waals surface area contributed by atoms with Crippen LogP contribution < -0.4 is 10.2 Å². The Labute approximate surface area is 209 Å². The van der Waals surface area contributed by atoms with E-state index in [-0.39, 0.29) is 35.6 Å². The number of hydrogen-bond acceptors (Lipinski definition) is 7. The number of nitrogens with one attached hydrogen (secondary N) is 1. The standard InChI is InChI=1S/C25H22F3N5O4/c1-37-24(36)17-7-3-5-9-19(17)29-22(34)20-10-11-21(31-30-20)32-12-14-33(15-13-32)23(35)16-6-2-4-8-18(16)25(26,27)28/h2-11H,12-15H2,1H3,(H,29,34). The van der Waals surface area contributed by atoms with Crippen molar-refractivity contribution < 1.29 is 32.3 Å². The summed E-state index contributed by atoms with van der Waals surface area (Å²) in [6.45, 7) is 1.04. The van der Waals surface area contributed by atoms with Gasteiger partial charge in [-0.2, -0.15) is 13.2 Å². The van der Waals surface area contributed by atoms with Crippen LogP contribution in [0.1, 0.15) is 36.8 Å². The SMILES string of the molecule is COC(=O)c1ccccc1NC(=O)c1ccc(N2CCN(C(=O)c3ccccc3C(F)(F)F)CC2)nn1. The van der Waals surface area contributed by atoms with Gasteiger partial charge in [-0.05, 0) is 36.4 Å². The van der Waals surface area contributed by atoms with E-state index in [9.17, 15) is 27.6 Å². The summed E-state index contributed by atoms with van der Waals surface area (Å²) in [7, 11) is 1.24. The summed E-state index contributed by atoms with van der Waals surface area (Å²) in [6.07, 6.45) is -4.63. The van der Waals surface area contributed by atoms with Crippen LogP contribution in [0.25, 0.3) is 0 Å². The second-order valence-electron chi connectivity index (χ2n) is 8.09. The first-order valence-electron chi connectivity index (χ1n) is 11.2. The average Bonchev–Trinajstić information content (AvgIpc) is 2.92. The summed E-state index contributed by atoms with van der Waals surface area (Å²) in [5.41, 5.74) is -0.879. The third kappa shape index (κ3) is 5.68. The van der Waals surface area contributed by atoms with Crippen LogP contribution >= 0.6 is 0 Å². The van der Waals surface area contributed by atoms with E-state index in [1.165, 1.54) is 42.3 Å². The van der Waals surface area contributed by atoms with E-state index in [4.69, 9.17) is 4.74 Å². The Hall–Kier alpha value is -4.48. The van der Waals surface area contributed by atoms with Crippen molar-refractivity contribution in [1.82, 2.24) is 15.1 Å². The molecule has 4 rings (SSSR count). The number of carbonyl (C=O) groups is 3. The summed E-state index contributed by atoms with van der Waals surface area (Å²) in [4.78, 5) is 40.5. The summed E-state index contributed by atoms with van der Waals surface area (Å²) in [5, 5.41) is 10.7. The average molecular weight is 513 g/mol. The molecule has 0 bridgehead atoms. The molecule has 0 unspecified atom stereocenters. The topological polar surface area (TPSA) is 105 Å². The number of ether oxygens (including phenoxy) is 1. The molecule has 0 radical (unpaired) electrons. The molecule has 2 aromatic carbocycles. The number of carbonyl (C=O) groups excluding carboxylic acids is 3. The molecule has 0 spiro atoms. The van der Waals surface area contributed by atoms with Gasteiger partial charge in [0, 0.05) is 26.2 Å². The number of aromatic nitrogens is 2. The molecule has 1 fully saturated rings. The fourth-order valence-corrected chi connectivity index (χ4v) is 3.91. The number of rotatable bonds is 5. The predicted molar refractivity (Wildman–Crippen MR) is 127 cm³/mol. The second-order valence-corrected chi connectivity index (χ2v) is 8.09. The van der Waals surface area contributed by atoms with E-state index in [1.54, 1.807) is 24.3 Å². The molecule has 37 heavy (non-hydrogen) atoms. The highest BCUT2D eigenvalue weighted by Gasteiger charge is 2.36. The Bertz CT molecular complexity index is 1310. The van der Waals surface area contributed by atoms with Gasteiger partial charge in [-0.25, -0.2) is 4.79 Å². The molecule has 1 aliphatic heterocycles. The minimum Gasteiger partial charge on any atom is -0.465 e. The minimum atomic E-state index is -4.63. The summed E-state index contributed by atoms with van der Waals surface area (Å²) < 4.78 is 44.6. The summed E-state index contributed by atoms with van der Waals surface area (Å²) in [5.74, 6) is -1.40. The lowest BCUT2D eigenvalue weighted by Crippen LogP contribution is -2.49. The molecule has 9 nitrogen and oxygen atoms in total. The Balaban J connectivity index is 1.39. The molecule has 1 aliphatic rings. The van der Waals surface area contributed by atoms with Crippen LogP contribution in [0.15, 0.2) is 60.7 Å². The maximum Gasteiger partial charge on any atom is 0.417 e. The van der Waals surface area contributed by atoms with E-state index >= 15 is 0 Å². The zero-order chi connectivity index (χ0) is 26.6. The number of hydrogen-bond donors (Lipinski definition) is 1. The normalized spacial score (nSPS) is 13.7. The van der Waals surface area contributed by atoms with Crippen molar-refractivity contribution in [2.24, 2.45) is 0 Å². The van der Waals surface area contributed by atoms with Crippen LogP contribution in [-0.2, 0) is 10.9 Å². The van der Waals surface area contributed by atoms with E-state index < -0.39 is 29.5 Å². The number of halogens is 3. The van der Waals surface area contributed by atoms with E-state index in [1.807, 2.05) is 4.90 Å². The van der Waals surface area contributed by atoms with Gasteiger partial charge in [0.1, 0.15) is 0 Å². The van der Waals surface area contributed by atoms with Crippen molar-refractivity contribution in [3.8, 4) is 0 Å². The zero-order valence-electron chi connectivity index (χ0n) is 19.7. The monoisotopic (exact) mass is 513 g/mol. The van der Waals surface area contributed by atoms with Crippen molar-refractivity contribution in [2.45, 2.75) is 6.18 Å². The van der Waals surface area contributed by atoms with Crippen molar-refractivity contribution in [1.29, 1.82) is 0 Å². The third-order valence-electron chi connectivity index (χ3n) is 5.82. The first-order valence-corrected chi connectivity index (χ1v) is 11.2. The number of para-hydroxylation sites is 1. The summed E-state index contributed by atoms with van der Waals surface area (Å²) >= 11 is 0. The molecule has 2 heterocycles. The predicted octanol–water partition coefficient (Wildman–Crippen LogP) is 3.50. The van der Waals surface area contributed by atoms with Gasteiger partial charge in [-0.3, -0.25) is 9.59 Å². The summed E-state index contributed by atoms with van der Waals surface area (Å²) in [6, 6.07) is 14.1. The Morgan fingerprint density at radius 2 is 1.51 bits per heavy atom. The van der Waals surface area contributed by atoms with Gasteiger partial charge >= 0.3 is 12.1 Å². The van der Waals surface area contributed by atoms with Crippen LogP contribution in [-0.4, -0.2) is 66.2 Å². The fourth-order valence-electron chi connectivity index (χ4n) is 3.91. The van der Waals surface area contributed by atoms with Gasteiger partial charge in [-0.1, -0.05) is 24.3 Å². The van der Waals surface area contributed by atoms with Crippen molar-refractivity contribution in [3.63, 3.8) is 0 Å². The fraction of sp³-hybridized carbons (Fsp3) is 0.240. The van der Waals surface area contributed by atoms with Gasteiger partial charge in [0.25, 0.3) is 11.8 Å². The van der Waals surface area contributed by atoms with Crippen molar-refractivity contribution >= 4 is 29.3 Å². The number of methoxy groups -OCH3 is 1. The van der Waals surface area contributed by atoms with E-state index in [2.05, 4.69) is 15.5 Å². The lowest BCUT2D eigenvalue weighted by atomic mass is 10.1. The van der Waals surface area contributed by atoms with Crippen molar-refractivity contribution in [3.05, 3.63) is 83.0 Å². The van der Waals surface area contributed by atoms with Crippen LogP contribution in [0.5, 0.6) is 0 Å². The highest BCUT2D eigenvalue weighted by Crippen LogP contribution is 2.32. The largest absolute Gasteiger partial charge is 0.465 e. The molecule has 0 aliphatic carbocycles. The van der Waals surface area contributed by atoms with Crippen molar-refractivity contribution in [2.75, 3.05) is 43.5 Å². The smallest absolute Gasteiger partial charge is 0.417 e. The zero-order valence-corrected chi connectivity index (χ0v) is 19.7. The van der Waals surface area contributed by atoms with Crippen LogP contribution in [0, 0.1) is 0 Å². The molecule has 1 saturated heterocycles. The molecule has 3 aromatic rings. The Morgan fingerprint density at radius 1 is 0.865 bits per heavy atom. The molecule has 2 amide bonds. The number of piperazine rings is 1. The highest BCUT2D eigenvalue weighted by atomic mass is 19.4. The molecule has 192 valence electrons. The van der Waals surface area contributed by atoms with Gasteiger partial charge in [-0.15, -0.1) is 10.2 Å². The molecular weight excluding hydrogens is 491 g/mol. The molecular formula is C25H22F3N5O4. The Kier molecular flexibility index (Phi) is 7.37. The maximum atomic E-state index is 13.3. The molecule has 12 heteroatoms. The van der Waals surface area contributed by atoms with E-state index in [0.717, 1.165) is 6.07 Å². The number of amides is 2. The quantitative estimate of drug-likeness (QED) is 0.521. The molecule has 1 N–H and O–H groups in total. The third-order valence-corrected chi connectivity index (χ3v) is 5.82. The van der Waals surface area contributed by atoms with Gasteiger partial charge in [0.2, 0.25) is 0 Å². The molecule has 0 saturated carbocycles. The van der Waals surface area contributed by atoms with Gasteiger partial charge in [0.05, 0.1) is 29.5 Å².